The number of nitrogens with one attached hydrogen (secondary N) is 1. The Bertz CT molecular complexity index is 1300. The fourth-order valence-corrected chi connectivity index (χ4v) is 4.94. The van der Waals surface area contributed by atoms with Crippen LogP contribution in [0.5, 0.6) is 0 Å². The Labute approximate surface area is 186 Å². The van der Waals surface area contributed by atoms with Gasteiger partial charge in [-0.15, -0.1) is 0 Å². The summed E-state index contributed by atoms with van der Waals surface area (Å²) in [6.45, 7) is 1.63. The Morgan fingerprint density at radius 3 is 2.16 bits per heavy atom. The third kappa shape index (κ3) is 3.89. The second-order valence-electron chi connectivity index (χ2n) is 7.52. The van der Waals surface area contributed by atoms with Gasteiger partial charge in [-0.2, -0.15) is 0 Å². The van der Waals surface area contributed by atoms with Crippen LogP contribution in [0, 0.1) is 0 Å². The van der Waals surface area contributed by atoms with Gasteiger partial charge in [0.1, 0.15) is 0 Å². The van der Waals surface area contributed by atoms with Crippen molar-refractivity contribution in [3.63, 3.8) is 0 Å². The van der Waals surface area contributed by atoms with Crippen LogP contribution in [-0.2, 0) is 14.6 Å². The highest BCUT2D eigenvalue weighted by Gasteiger charge is 2.32. The summed E-state index contributed by atoms with van der Waals surface area (Å²) in [7, 11) is -3.49. The lowest BCUT2D eigenvalue weighted by Crippen LogP contribution is -2.41. The molecular weight excluding hydrogens is 428 g/mol. The van der Waals surface area contributed by atoms with E-state index < -0.39 is 9.84 Å². The second kappa shape index (κ2) is 8.55. The molecule has 0 bridgehead atoms. The first-order chi connectivity index (χ1) is 15.3. The predicted octanol–water partition coefficient (Wildman–Crippen LogP) is 3.65. The number of rotatable bonds is 7. The molecule has 1 heterocycles. The normalized spacial score (nSPS) is 13.5. The summed E-state index contributed by atoms with van der Waals surface area (Å²) >= 11 is 0. The van der Waals surface area contributed by atoms with Crippen LogP contribution in [0.1, 0.15) is 40.5 Å². The lowest BCUT2D eigenvalue weighted by molar-refractivity contribution is -0.116. The van der Waals surface area contributed by atoms with E-state index in [0.717, 1.165) is 5.39 Å². The van der Waals surface area contributed by atoms with E-state index in [1.807, 2.05) is 12.1 Å². The minimum absolute atomic E-state index is 0.0312. The van der Waals surface area contributed by atoms with Crippen LogP contribution in [0.25, 0.3) is 10.8 Å². The molecule has 0 aliphatic carbocycles. The van der Waals surface area contributed by atoms with Gasteiger partial charge < -0.3 is 5.32 Å². The van der Waals surface area contributed by atoms with Crippen molar-refractivity contribution in [2.24, 2.45) is 0 Å². The lowest BCUT2D eigenvalue weighted by Gasteiger charge is -2.27. The van der Waals surface area contributed by atoms with E-state index in [0.29, 0.717) is 16.5 Å². The van der Waals surface area contributed by atoms with Crippen molar-refractivity contribution in [3.8, 4) is 0 Å². The van der Waals surface area contributed by atoms with Gasteiger partial charge in [-0.25, -0.2) is 8.42 Å². The molecule has 0 unspecified atom stereocenters. The number of hydrogen-bond acceptors (Lipinski definition) is 5. The molecule has 0 saturated carbocycles. The van der Waals surface area contributed by atoms with Crippen LogP contribution >= 0.6 is 0 Å². The molecule has 1 aliphatic rings. The van der Waals surface area contributed by atoms with Crippen molar-refractivity contribution >= 4 is 44.0 Å². The average molecular weight is 451 g/mol. The van der Waals surface area contributed by atoms with E-state index in [-0.39, 0.29) is 53.4 Å². The molecule has 0 radical (unpaired) electrons. The van der Waals surface area contributed by atoms with Crippen molar-refractivity contribution in [3.05, 3.63) is 71.8 Å². The van der Waals surface area contributed by atoms with Gasteiger partial charge in [0, 0.05) is 29.5 Å². The fourth-order valence-electron chi connectivity index (χ4n) is 3.89. The highest BCUT2D eigenvalue weighted by molar-refractivity contribution is 7.91. The zero-order chi connectivity index (χ0) is 22.9. The summed E-state index contributed by atoms with van der Waals surface area (Å²) in [6, 6.07) is 16.9. The van der Waals surface area contributed by atoms with Gasteiger partial charge in [0.25, 0.3) is 11.8 Å². The summed E-state index contributed by atoms with van der Waals surface area (Å²) in [5.41, 5.74) is 1.17. The number of anilines is 1. The summed E-state index contributed by atoms with van der Waals surface area (Å²) in [6.07, 6.45) is 0.285. The number of sulfone groups is 1. The van der Waals surface area contributed by atoms with E-state index >= 15 is 0 Å². The zero-order valence-corrected chi connectivity index (χ0v) is 18.3. The number of carbonyl (C=O) groups excluding carboxylic acids is 3. The van der Waals surface area contributed by atoms with Crippen molar-refractivity contribution < 1.29 is 22.8 Å². The summed E-state index contributed by atoms with van der Waals surface area (Å²) in [5, 5.41) is 4.13. The molecule has 0 aromatic heterocycles. The van der Waals surface area contributed by atoms with Gasteiger partial charge in [-0.1, -0.05) is 43.3 Å². The Morgan fingerprint density at radius 1 is 0.906 bits per heavy atom. The first-order valence-electron chi connectivity index (χ1n) is 10.3. The molecule has 0 fully saturated rings. The highest BCUT2D eigenvalue weighted by atomic mass is 32.2. The molecule has 4 rings (SSSR count). The number of benzene rings is 3. The maximum atomic E-state index is 12.9. The van der Waals surface area contributed by atoms with E-state index in [1.54, 1.807) is 43.3 Å². The quantitative estimate of drug-likeness (QED) is 0.554. The number of hydrogen-bond donors (Lipinski definition) is 1. The number of amides is 3. The van der Waals surface area contributed by atoms with E-state index in [2.05, 4.69) is 5.32 Å². The molecule has 3 amide bonds. The van der Waals surface area contributed by atoms with Crippen LogP contribution in [0.3, 0.4) is 0 Å². The van der Waals surface area contributed by atoms with Gasteiger partial charge >= 0.3 is 0 Å². The van der Waals surface area contributed by atoms with Crippen LogP contribution in [0.15, 0.2) is 65.6 Å². The average Bonchev–Trinajstić information content (AvgIpc) is 2.79. The molecule has 0 spiro atoms. The van der Waals surface area contributed by atoms with E-state index in [9.17, 15) is 22.8 Å². The Balaban J connectivity index is 1.44. The molecular formula is C24H22N2O5S. The maximum absolute atomic E-state index is 12.9. The van der Waals surface area contributed by atoms with Gasteiger partial charge in [-0.3, -0.25) is 19.3 Å². The van der Waals surface area contributed by atoms with Gasteiger partial charge in [0.05, 0.1) is 16.3 Å². The number of imide groups is 1. The van der Waals surface area contributed by atoms with Crippen molar-refractivity contribution in [1.29, 1.82) is 0 Å². The molecule has 1 aliphatic heterocycles. The molecule has 164 valence electrons. The predicted molar refractivity (Wildman–Crippen MR) is 121 cm³/mol. The highest BCUT2D eigenvalue weighted by Crippen LogP contribution is 2.30. The first-order valence-corrected chi connectivity index (χ1v) is 12.0. The Kier molecular flexibility index (Phi) is 5.80. The van der Waals surface area contributed by atoms with Crippen LogP contribution in [0.2, 0.25) is 0 Å². The third-order valence-electron chi connectivity index (χ3n) is 5.52. The Hall–Kier alpha value is -3.52. The largest absolute Gasteiger partial charge is 0.325 e. The molecule has 8 heteroatoms. The topological polar surface area (TPSA) is 101 Å². The monoisotopic (exact) mass is 450 g/mol. The summed E-state index contributed by atoms with van der Waals surface area (Å²) in [4.78, 5) is 39.5. The van der Waals surface area contributed by atoms with Crippen LogP contribution < -0.4 is 5.32 Å². The molecule has 1 N–H and O–H groups in total. The summed E-state index contributed by atoms with van der Waals surface area (Å²) < 4.78 is 24.5. The van der Waals surface area contributed by atoms with Crippen LogP contribution in [-0.4, -0.2) is 43.3 Å². The number of para-hydroxylation sites is 1. The van der Waals surface area contributed by atoms with Crippen molar-refractivity contribution in [1.82, 2.24) is 4.90 Å². The summed E-state index contributed by atoms with van der Waals surface area (Å²) in [5.74, 6) is -1.21. The fraction of sp³-hybridized carbons (Fsp3) is 0.208. The van der Waals surface area contributed by atoms with E-state index in [1.165, 1.54) is 17.0 Å². The van der Waals surface area contributed by atoms with E-state index in [4.69, 9.17) is 0 Å². The standard InChI is InChI=1S/C24H22N2O5S/c1-2-32(30,31)20-13-4-3-12-19(20)25-21(27)14-7-15-26-23(28)17-10-5-8-16-9-6-11-18(22(16)17)24(26)29/h3-6,8-13H,2,7,14-15H2,1H3,(H,25,27). The Morgan fingerprint density at radius 2 is 1.53 bits per heavy atom. The smallest absolute Gasteiger partial charge is 0.261 e. The van der Waals surface area contributed by atoms with Crippen molar-refractivity contribution in [2.45, 2.75) is 24.7 Å². The minimum atomic E-state index is -3.49. The third-order valence-corrected chi connectivity index (χ3v) is 7.30. The second-order valence-corrected chi connectivity index (χ2v) is 9.77. The number of nitrogens with zero attached hydrogens (tertiary/aromatic N) is 1. The molecule has 0 saturated heterocycles. The minimum Gasteiger partial charge on any atom is -0.325 e. The van der Waals surface area contributed by atoms with Gasteiger partial charge in [0.2, 0.25) is 5.91 Å². The SMILES string of the molecule is CCS(=O)(=O)c1ccccc1NC(=O)CCCN1C(=O)c2cccc3cccc(c23)C1=O. The molecule has 0 atom stereocenters. The first kappa shape index (κ1) is 21.7. The van der Waals surface area contributed by atoms with Gasteiger partial charge in [-0.05, 0) is 36.1 Å². The van der Waals surface area contributed by atoms with Crippen molar-refractivity contribution in [2.75, 3.05) is 17.6 Å². The number of carbonyl (C=O) groups is 3. The zero-order valence-electron chi connectivity index (χ0n) is 17.5. The molecule has 3 aromatic carbocycles. The lowest BCUT2D eigenvalue weighted by atomic mass is 9.94. The molecule has 32 heavy (non-hydrogen) atoms. The molecule has 3 aromatic rings. The van der Waals surface area contributed by atoms with Crippen LogP contribution in [0.4, 0.5) is 5.69 Å². The molecule has 7 nitrogen and oxygen atoms in total. The maximum Gasteiger partial charge on any atom is 0.261 e. The van der Waals surface area contributed by atoms with Gasteiger partial charge in [0.15, 0.2) is 9.84 Å².